The number of hydrogen-bond donors (Lipinski definition) is 3. The quantitative estimate of drug-likeness (QED) is 0.579. The molecule has 3 N–H and O–H groups in total. The van der Waals surface area contributed by atoms with Crippen LogP contribution in [0, 0.1) is 0 Å². The Morgan fingerprint density at radius 3 is 2.81 bits per heavy atom. The molecular weight excluding hydrogens is 340 g/mol. The Balaban J connectivity index is 1.90. The number of pyridine rings is 1. The number of ether oxygens (including phenoxy) is 2. The topological polar surface area (TPSA) is 126 Å². The van der Waals surface area contributed by atoms with Gasteiger partial charge in [-0.25, -0.2) is 9.59 Å². The van der Waals surface area contributed by atoms with Crippen molar-refractivity contribution < 1.29 is 14.3 Å². The van der Waals surface area contributed by atoms with E-state index in [0.717, 1.165) is 11.6 Å². The summed E-state index contributed by atoms with van der Waals surface area (Å²) in [7, 11) is 3.32. The first kappa shape index (κ1) is 19.1. The SMILES string of the molecule is CN[C@H](C/C=C/c1cncc(OC)c1)COC(=O)c1cc(=O)[nH]c(=O)[nH]1. The molecule has 0 bridgehead atoms. The van der Waals surface area contributed by atoms with Gasteiger partial charge in [0.15, 0.2) is 0 Å². The molecule has 9 heteroatoms. The number of nitrogens with zero attached hydrogens (tertiary/aromatic N) is 1. The van der Waals surface area contributed by atoms with E-state index in [1.54, 1.807) is 26.6 Å². The Labute approximate surface area is 149 Å². The average Bonchev–Trinajstić information content (AvgIpc) is 2.63. The lowest BCUT2D eigenvalue weighted by atomic mass is 10.2. The van der Waals surface area contributed by atoms with Crippen LogP contribution in [-0.2, 0) is 4.74 Å². The first-order valence-electron chi connectivity index (χ1n) is 7.85. The fourth-order valence-corrected chi connectivity index (χ4v) is 2.11. The predicted molar refractivity (Wildman–Crippen MR) is 95.3 cm³/mol. The number of esters is 1. The van der Waals surface area contributed by atoms with E-state index in [2.05, 4.69) is 15.3 Å². The van der Waals surface area contributed by atoms with Crippen LogP contribution in [0.5, 0.6) is 5.75 Å². The summed E-state index contributed by atoms with van der Waals surface area (Å²) in [5.41, 5.74) is -0.728. The zero-order valence-corrected chi connectivity index (χ0v) is 14.4. The first-order valence-corrected chi connectivity index (χ1v) is 7.85. The van der Waals surface area contributed by atoms with E-state index in [4.69, 9.17) is 9.47 Å². The molecule has 0 spiro atoms. The highest BCUT2D eigenvalue weighted by molar-refractivity contribution is 5.86. The molecule has 0 fully saturated rings. The fourth-order valence-electron chi connectivity index (χ4n) is 2.11. The molecule has 26 heavy (non-hydrogen) atoms. The summed E-state index contributed by atoms with van der Waals surface area (Å²) in [5.74, 6) is -0.104. The summed E-state index contributed by atoms with van der Waals surface area (Å²) >= 11 is 0. The number of nitrogens with one attached hydrogen (secondary N) is 3. The number of hydrogen-bond acceptors (Lipinski definition) is 7. The largest absolute Gasteiger partial charge is 0.495 e. The molecule has 9 nitrogen and oxygen atoms in total. The maximum absolute atomic E-state index is 11.9. The molecule has 0 saturated carbocycles. The molecule has 2 aromatic heterocycles. The number of likely N-dealkylation sites (N-methyl/N-ethyl adjacent to an activating group) is 1. The van der Waals surface area contributed by atoms with Crippen LogP contribution in [0.3, 0.4) is 0 Å². The van der Waals surface area contributed by atoms with Crippen LogP contribution >= 0.6 is 0 Å². The molecule has 2 heterocycles. The molecule has 1 atom stereocenters. The number of H-pyrrole nitrogens is 2. The summed E-state index contributed by atoms with van der Waals surface area (Å²) in [6.45, 7) is 0.0743. The van der Waals surface area contributed by atoms with Gasteiger partial charge in [-0.2, -0.15) is 0 Å². The van der Waals surface area contributed by atoms with Crippen molar-refractivity contribution in [3.05, 3.63) is 62.7 Å². The van der Waals surface area contributed by atoms with Gasteiger partial charge in [-0.15, -0.1) is 0 Å². The molecule has 0 radical (unpaired) electrons. The Hall–Kier alpha value is -3.20. The van der Waals surface area contributed by atoms with Gasteiger partial charge in [0, 0.05) is 18.3 Å². The van der Waals surface area contributed by atoms with Crippen LogP contribution in [0.15, 0.2) is 40.2 Å². The van der Waals surface area contributed by atoms with Gasteiger partial charge in [-0.05, 0) is 25.1 Å². The maximum atomic E-state index is 11.9. The lowest BCUT2D eigenvalue weighted by Crippen LogP contribution is -2.32. The van der Waals surface area contributed by atoms with Crippen LogP contribution in [0.25, 0.3) is 6.08 Å². The number of rotatable bonds is 8. The standard InChI is InChI=1S/C17H20N4O5/c1-18-12(5-3-4-11-6-13(25-2)9-19-8-11)10-26-16(23)14-7-15(22)21-17(24)20-14/h3-4,6-9,12,18H,5,10H2,1-2H3,(H2,20,21,22,24)/b4-3+/t12-/m1/s1. The van der Waals surface area contributed by atoms with Crippen molar-refractivity contribution in [2.45, 2.75) is 12.5 Å². The van der Waals surface area contributed by atoms with E-state index in [-0.39, 0.29) is 18.3 Å². The molecule has 0 amide bonds. The minimum Gasteiger partial charge on any atom is -0.495 e. The van der Waals surface area contributed by atoms with E-state index in [1.165, 1.54) is 0 Å². The van der Waals surface area contributed by atoms with Crippen LogP contribution in [0.2, 0.25) is 0 Å². The molecule has 0 saturated heterocycles. The van der Waals surface area contributed by atoms with Gasteiger partial charge in [0.2, 0.25) is 0 Å². The van der Waals surface area contributed by atoms with Crippen molar-refractivity contribution >= 4 is 12.0 Å². The summed E-state index contributed by atoms with van der Waals surface area (Å²) in [6, 6.07) is 2.69. The van der Waals surface area contributed by atoms with Gasteiger partial charge >= 0.3 is 11.7 Å². The highest BCUT2D eigenvalue weighted by Gasteiger charge is 2.12. The molecule has 0 aliphatic rings. The Kier molecular flexibility index (Phi) is 6.86. The van der Waals surface area contributed by atoms with Gasteiger partial charge in [0.05, 0.1) is 13.3 Å². The van der Waals surface area contributed by atoms with Crippen LogP contribution < -0.4 is 21.3 Å². The summed E-state index contributed by atoms with van der Waals surface area (Å²) in [4.78, 5) is 42.6. The third kappa shape index (κ3) is 5.71. The fraction of sp³-hybridized carbons (Fsp3) is 0.294. The van der Waals surface area contributed by atoms with E-state index >= 15 is 0 Å². The number of methoxy groups -OCH3 is 1. The second kappa shape index (κ2) is 9.33. The number of carbonyl (C=O) groups is 1. The zero-order chi connectivity index (χ0) is 18.9. The third-order valence-corrected chi connectivity index (χ3v) is 3.51. The van der Waals surface area contributed by atoms with Gasteiger partial charge in [-0.3, -0.25) is 14.8 Å². The summed E-state index contributed by atoms with van der Waals surface area (Å²) < 4.78 is 10.3. The normalized spacial score (nSPS) is 12.1. The van der Waals surface area contributed by atoms with Crippen molar-refractivity contribution in [3.63, 3.8) is 0 Å². The Bertz CT molecular complexity index is 859. The first-order chi connectivity index (χ1) is 12.5. The van der Waals surface area contributed by atoms with E-state index in [9.17, 15) is 14.4 Å². The molecule has 2 rings (SSSR count). The van der Waals surface area contributed by atoms with Gasteiger partial charge < -0.3 is 19.8 Å². The highest BCUT2D eigenvalue weighted by atomic mass is 16.5. The molecule has 0 aliphatic carbocycles. The lowest BCUT2D eigenvalue weighted by molar-refractivity contribution is 0.0461. The van der Waals surface area contributed by atoms with Crippen LogP contribution in [0.4, 0.5) is 0 Å². The highest BCUT2D eigenvalue weighted by Crippen LogP contribution is 2.12. The Morgan fingerprint density at radius 1 is 1.31 bits per heavy atom. The van der Waals surface area contributed by atoms with Crippen molar-refractivity contribution in [1.82, 2.24) is 20.3 Å². The van der Waals surface area contributed by atoms with Crippen LogP contribution in [-0.4, -0.2) is 47.7 Å². The summed E-state index contributed by atoms with van der Waals surface area (Å²) in [6.07, 6.45) is 7.71. The molecule has 2 aromatic rings. The number of aromatic nitrogens is 3. The Morgan fingerprint density at radius 2 is 2.12 bits per heavy atom. The molecule has 138 valence electrons. The van der Waals surface area contributed by atoms with E-state index < -0.39 is 17.2 Å². The van der Waals surface area contributed by atoms with E-state index in [0.29, 0.717) is 12.2 Å². The zero-order valence-electron chi connectivity index (χ0n) is 14.4. The van der Waals surface area contributed by atoms with Crippen molar-refractivity contribution in [1.29, 1.82) is 0 Å². The molecular formula is C17H20N4O5. The number of aromatic amines is 2. The van der Waals surface area contributed by atoms with Crippen molar-refractivity contribution in [2.24, 2.45) is 0 Å². The summed E-state index contributed by atoms with van der Waals surface area (Å²) in [5, 5.41) is 3.03. The lowest BCUT2D eigenvalue weighted by Gasteiger charge is -2.14. The third-order valence-electron chi connectivity index (χ3n) is 3.51. The van der Waals surface area contributed by atoms with Gasteiger partial charge in [0.1, 0.15) is 18.1 Å². The van der Waals surface area contributed by atoms with Gasteiger partial charge in [-0.1, -0.05) is 12.2 Å². The second-order valence-corrected chi connectivity index (χ2v) is 5.38. The minimum atomic E-state index is -0.769. The predicted octanol–water partition coefficient (Wildman–Crippen LogP) is 0.315. The monoisotopic (exact) mass is 360 g/mol. The molecule has 0 unspecified atom stereocenters. The minimum absolute atomic E-state index is 0.0743. The molecule has 0 aliphatic heterocycles. The van der Waals surface area contributed by atoms with Crippen molar-refractivity contribution in [2.75, 3.05) is 20.8 Å². The second-order valence-electron chi connectivity index (χ2n) is 5.38. The van der Waals surface area contributed by atoms with Crippen molar-refractivity contribution in [3.8, 4) is 5.75 Å². The average molecular weight is 360 g/mol. The maximum Gasteiger partial charge on any atom is 0.355 e. The smallest absolute Gasteiger partial charge is 0.355 e. The molecule has 0 aromatic carbocycles. The number of carbonyl (C=O) groups excluding carboxylic acids is 1. The van der Waals surface area contributed by atoms with Gasteiger partial charge in [0.25, 0.3) is 5.56 Å². The van der Waals surface area contributed by atoms with Crippen LogP contribution in [0.1, 0.15) is 22.5 Å². The van der Waals surface area contributed by atoms with E-state index in [1.807, 2.05) is 23.2 Å².